The molecule has 3 radical (unpaired) electrons. The fraction of sp³-hybridized carbons (Fsp3) is 0.975. The van der Waals surface area contributed by atoms with Crippen molar-refractivity contribution < 1.29 is 264 Å². The molecule has 0 saturated carbocycles. The molecule has 30 atom stereocenters. The van der Waals surface area contributed by atoms with Crippen LogP contribution < -0.4 is 110 Å². The van der Waals surface area contributed by atoms with Crippen LogP contribution in [-0.2, 0) is 52.3 Å². The number of nitrogens with two attached hydrogens (primary N) is 1. The number of carbonyl (C=O) groups excluding carboxylic acids is 1. The molecule has 6 rings (SSSR count). The van der Waals surface area contributed by atoms with Crippen molar-refractivity contribution in [3.05, 3.63) is 36.9 Å². The average molecular weight is 1550 g/mol. The Hall–Kier alpha value is -0.0852. The number of hydrogen-bond donors (Lipinski definition) is 27. The number of aliphatic hydroxyl groups is 22. The Morgan fingerprint density at radius 3 is 1.14 bits per heavy atom. The molecule has 0 aromatic rings. The standard InChI is InChI=1S/C7H13BrO5.C7H13N3O5.C7H14O6.C6H13BN2O5.C6H11N3O5.C6H13NO5.CH2O3.BClHN.BHNS.N3.3Na.H/c1-12-7-6(11)5(10)4(9)3(2-8)13-7;1-14-7-6(13)5(12)4(11)3(15-7)2-9-10-8;1-12-7-6(11)5(10)4(9)3(2-8)13-7;2*7-9-8-1-2-3(10)4(11)5(12)6(13)14-2;7-1-2-3(8)4(9)5(10)6(11)12-2;2-1-4-3;2-1-3;1-2-3;1-3-2;;;;/h3-7,9-11H,2H2,1H3;3-7,11-13H,2H2,1H3;3-11H,2H2,1H3;2-6,8-13H,1H2;2-6,10-13H,1H2;2-6,8-11H,1,7H2;1,3H;2*3H;;;;;/q;;;;;;;;;-1;3*+1;-1/t3*3?,4-,5-,6?,7+;3*2?,3-,4-,5?,6?;;;;;;;;/m111111......../s1/i;;;9D;;;;3D;;;;;;. The molecule has 0 aromatic heterocycles. The van der Waals surface area contributed by atoms with Crippen molar-refractivity contribution in [2.75, 3.05) is 59.4 Å². The van der Waals surface area contributed by atoms with E-state index in [-0.39, 0.29) is 124 Å². The van der Waals surface area contributed by atoms with E-state index in [0.29, 0.717) is 10.7 Å². The number of ether oxygens (including phenoxy) is 9. The number of nitrogens with one attached hydrogen (secondary N) is 3. The second-order valence-electron chi connectivity index (χ2n) is 18.2. The molecule has 0 aromatic carbocycles. The van der Waals surface area contributed by atoms with E-state index in [2.05, 4.69) is 76.4 Å². The topological polar surface area (TPSA) is 820 Å². The Morgan fingerprint density at radius 2 is 0.866 bits per heavy atom. The third kappa shape index (κ3) is 40.3. The fourth-order valence-corrected chi connectivity index (χ4v) is 7.98. The first-order valence-corrected chi connectivity index (χ1v) is 27.8. The summed E-state index contributed by atoms with van der Waals surface area (Å²) < 4.78 is 59.0. The number of alkyl halides is 1. The number of halogens is 2. The van der Waals surface area contributed by atoms with Gasteiger partial charge in [0.25, 0.3) is 6.47 Å². The molecular formula is C40H82B3BrClN14Na3O34S+. The second kappa shape index (κ2) is 64.3. The SMILES string of the molecule is CO[C@H]1OC(CBr)[C@@H](O)[C@@H](O)C1O.CO[C@H]1OC(CN=[N+]=[N-])[C@@H](O)[C@@H](O)C1O.CO[C@H]1OC(CO)[C@@H](O)[C@@H](O)C1O.NCC1OC(O)C(O)[C@H](O)[C@@H]1O.O=CO[O-].[2H]N([B])NCC1OC(O)C(O)[C@H](O)[C@@H]1O.[2H]N=BCl.[B]=NS.[H+].[H-].[N-]=[N+]=NCC1OC(O)C(O)[C@H](O)[C@@H]1O.[N-]=[N+]=[N-].[Na+].[Na+].[Na+]. The van der Waals surface area contributed by atoms with Gasteiger partial charge in [0, 0.05) is 49.6 Å². The van der Waals surface area contributed by atoms with Gasteiger partial charge in [0.1, 0.15) is 130 Å². The molecule has 0 bridgehead atoms. The second-order valence-corrected chi connectivity index (χ2v) is 19.3. The van der Waals surface area contributed by atoms with Gasteiger partial charge < -0.3 is 189 Å². The molecule has 0 spiro atoms. The first-order valence-electron chi connectivity index (χ1n) is 26.8. The molecule has 6 saturated heterocycles. The first kappa shape index (κ1) is 106. The Morgan fingerprint density at radius 1 is 0.608 bits per heavy atom. The van der Waals surface area contributed by atoms with Crippen molar-refractivity contribution in [1.82, 2.24) is 10.8 Å². The van der Waals surface area contributed by atoms with Gasteiger partial charge in [-0.05, 0) is 11.1 Å². The van der Waals surface area contributed by atoms with Gasteiger partial charge >= 0.3 is 140 Å². The zero-order chi connectivity index (χ0) is 75.3. The number of aliphatic hydroxyl groups excluding tert-OH is 22. The predicted octanol–water partition coefficient (Wildman–Crippen LogP) is -22.8. The largest absolute Gasteiger partial charge is 1.00 e. The molecule has 15 unspecified atom stereocenters. The molecule has 0 amide bonds. The van der Waals surface area contributed by atoms with Crippen molar-refractivity contribution in [3.63, 3.8) is 0 Å². The summed E-state index contributed by atoms with van der Waals surface area (Å²) in [6, 6.07) is 0. The molecule has 6 aliphatic heterocycles. The molecule has 6 aliphatic rings. The third-order valence-corrected chi connectivity index (χ3v) is 13.0. The Labute approximate surface area is 644 Å². The number of hydrazine groups is 1. The van der Waals surface area contributed by atoms with E-state index in [9.17, 15) is 71.5 Å². The predicted molar refractivity (Wildman–Crippen MR) is 314 cm³/mol. The fourth-order valence-electron chi connectivity index (χ4n) is 7.45. The average Bonchev–Trinajstić information content (AvgIpc) is 0.881. The Balaban J connectivity index is -0.000000137. The van der Waals surface area contributed by atoms with Gasteiger partial charge in [-0.2, -0.15) is 0 Å². The maximum atomic E-state index is 9.47. The van der Waals surface area contributed by atoms with E-state index in [4.69, 9.17) is 144 Å². The number of thiol groups is 1. The van der Waals surface area contributed by atoms with Crippen LogP contribution in [-0.4, -0.2) is 385 Å². The molecule has 27 N–H and O–H groups in total. The normalized spacial score (nSPS) is 38.3. The minimum absolute atomic E-state index is 0. The minimum atomic E-state index is -1.59. The van der Waals surface area contributed by atoms with Gasteiger partial charge in [-0.25, -0.2) is 0 Å². The van der Waals surface area contributed by atoms with Crippen molar-refractivity contribution in [1.29, 1.82) is 5.31 Å². The van der Waals surface area contributed by atoms with E-state index in [1.165, 1.54) is 26.2 Å². The quantitative estimate of drug-likeness (QED) is 0.00884. The van der Waals surface area contributed by atoms with Crippen molar-refractivity contribution in [3.8, 4) is 0 Å². The summed E-state index contributed by atoms with van der Waals surface area (Å²) >= 11 is 11.0. The Bertz CT molecular complexity index is 2140. The number of nitrogens with zero attached hydrogens (tertiary/aromatic N) is 10. The summed E-state index contributed by atoms with van der Waals surface area (Å²) in [5.41, 5.74) is 37.1. The summed E-state index contributed by atoms with van der Waals surface area (Å²) in [5, 5.41) is 221. The van der Waals surface area contributed by atoms with Crippen LogP contribution in [0.1, 0.15) is 2.85 Å². The van der Waals surface area contributed by atoms with Crippen molar-refractivity contribution in [2.45, 2.75) is 184 Å². The number of methoxy groups -OCH3 is 3. The maximum absolute atomic E-state index is 9.47. The van der Waals surface area contributed by atoms with Crippen LogP contribution in [0.2, 0.25) is 2.82 Å². The van der Waals surface area contributed by atoms with E-state index < -0.39 is 191 Å². The number of hydrogen-bond acceptors (Lipinski definition) is 42. The van der Waals surface area contributed by atoms with Gasteiger partial charge in [0.15, 0.2) is 37.7 Å². The van der Waals surface area contributed by atoms with Crippen molar-refractivity contribution >= 4 is 68.8 Å². The summed E-state index contributed by atoms with van der Waals surface area (Å²) in [7, 11) is 13.2. The third-order valence-electron chi connectivity index (χ3n) is 12.4. The maximum Gasteiger partial charge on any atom is 1.00 e. The molecule has 6 heterocycles. The molecule has 547 valence electrons. The van der Waals surface area contributed by atoms with E-state index >= 15 is 0 Å². The van der Waals surface area contributed by atoms with E-state index in [1.54, 1.807) is 0 Å². The summed E-state index contributed by atoms with van der Waals surface area (Å²) in [6.07, 6.45) is -37.4. The summed E-state index contributed by atoms with van der Waals surface area (Å²) in [5.74, 6) is 0. The van der Waals surface area contributed by atoms with Gasteiger partial charge in [0.05, 0.1) is 38.0 Å². The van der Waals surface area contributed by atoms with E-state index in [0.717, 1.165) is 6.49 Å². The van der Waals surface area contributed by atoms with Crippen LogP contribution in [0.5, 0.6) is 0 Å². The van der Waals surface area contributed by atoms with Crippen LogP contribution in [0, 0.1) is 5.31 Å². The van der Waals surface area contributed by atoms with Crippen LogP contribution in [0.4, 0.5) is 0 Å². The van der Waals surface area contributed by atoms with Gasteiger partial charge in [0.2, 0.25) is 7.98 Å². The van der Waals surface area contributed by atoms with Crippen molar-refractivity contribution in [2.24, 2.45) is 20.3 Å². The first-order chi connectivity index (χ1) is 45.1. The zero-order valence-corrected chi connectivity index (χ0v) is 61.5. The van der Waals surface area contributed by atoms with Crippen LogP contribution in [0.15, 0.2) is 14.5 Å². The number of carbonyl (C=O) groups is 1. The van der Waals surface area contributed by atoms with Gasteiger partial charge in [-0.3, -0.25) is 15.1 Å². The summed E-state index contributed by atoms with van der Waals surface area (Å²) in [4.78, 5) is 17.7. The smallest absolute Gasteiger partial charge is 1.00 e. The Kier molecular flexibility index (Phi) is 70.0. The van der Waals surface area contributed by atoms with Crippen LogP contribution in [0.25, 0.3) is 36.9 Å². The molecule has 6 fully saturated rings. The molecule has 57 heteroatoms. The van der Waals surface area contributed by atoms with Crippen LogP contribution >= 0.6 is 40.2 Å². The minimum Gasteiger partial charge on any atom is -1.00 e. The number of azide groups is 2. The van der Waals surface area contributed by atoms with Gasteiger partial charge in [-0.15, -0.1) is 0 Å². The van der Waals surface area contributed by atoms with Gasteiger partial charge in [-0.1, -0.05) is 26.2 Å². The zero-order valence-electron chi connectivity index (χ0n) is 56.3. The molecule has 97 heavy (non-hydrogen) atoms. The van der Waals surface area contributed by atoms with E-state index in [1.807, 2.05) is 0 Å². The monoisotopic (exact) mass is 1550 g/mol. The summed E-state index contributed by atoms with van der Waals surface area (Å²) in [6.45, 7) is -0.200. The molecular weight excluding hydrogens is 1470 g/mol. The molecule has 0 aliphatic carbocycles. The van der Waals surface area contributed by atoms with Crippen LogP contribution in [0.3, 0.4) is 0 Å². The number of rotatable bonds is 14. The molecule has 48 nitrogen and oxygen atoms in total.